The maximum absolute atomic E-state index is 13.0. The van der Waals surface area contributed by atoms with Crippen molar-refractivity contribution in [3.8, 4) is 5.75 Å². The number of methoxy groups -OCH3 is 1. The Hall–Kier alpha value is -4.50. The maximum atomic E-state index is 13.0. The monoisotopic (exact) mass is 542 g/mol. The summed E-state index contributed by atoms with van der Waals surface area (Å²) < 4.78 is 5.27. The molecule has 0 aliphatic rings. The molecular formula is C31H34N4O5. The molecule has 9 nitrogen and oxygen atoms in total. The third kappa shape index (κ3) is 7.12. The first-order valence-corrected chi connectivity index (χ1v) is 13.3. The van der Waals surface area contributed by atoms with Crippen molar-refractivity contribution in [2.75, 3.05) is 12.4 Å². The first kappa shape index (κ1) is 28.5. The van der Waals surface area contributed by atoms with Gasteiger partial charge in [0.05, 0.1) is 24.2 Å². The standard InChI is InChI=1S/C31H34N4O5/c1-20(22-13-14-24-19-25(40-2)16-15-23(24)18-22)30(37)34-27(31(38)35-39)10-4-3-5-12-28(36)33-26-11-6-8-21-9-7-17-32-29(21)26/h6-9,11,13-20,27,39H,3-5,10,12H2,1-2H3,(H,33,36)(H,34,37)(H,35,38)/t20-,27+/m1/s1. The molecule has 0 aliphatic heterocycles. The Morgan fingerprint density at radius 2 is 1.68 bits per heavy atom. The van der Waals surface area contributed by atoms with E-state index in [9.17, 15) is 19.6 Å². The Kier molecular flexibility index (Phi) is 9.64. The van der Waals surface area contributed by atoms with E-state index in [2.05, 4.69) is 15.6 Å². The van der Waals surface area contributed by atoms with E-state index in [1.165, 1.54) is 0 Å². The van der Waals surface area contributed by atoms with Crippen molar-refractivity contribution >= 4 is 45.1 Å². The number of hydrogen-bond donors (Lipinski definition) is 4. The SMILES string of the molecule is COc1ccc2cc([C@@H](C)C(=O)N[C@@H](CCCCCC(=O)Nc3cccc4cccnc34)C(=O)NO)ccc2c1. The predicted octanol–water partition coefficient (Wildman–Crippen LogP) is 5.08. The van der Waals surface area contributed by atoms with Crippen LogP contribution in [0.2, 0.25) is 0 Å². The molecule has 0 fully saturated rings. The zero-order valence-electron chi connectivity index (χ0n) is 22.6. The molecule has 1 heterocycles. The van der Waals surface area contributed by atoms with Crippen LogP contribution in [0.15, 0.2) is 72.9 Å². The smallest absolute Gasteiger partial charge is 0.265 e. The molecule has 3 aromatic carbocycles. The van der Waals surface area contributed by atoms with Crippen molar-refractivity contribution in [3.63, 3.8) is 0 Å². The quantitative estimate of drug-likeness (QED) is 0.112. The van der Waals surface area contributed by atoms with Gasteiger partial charge in [0.15, 0.2) is 0 Å². The zero-order chi connectivity index (χ0) is 28.5. The number of aromatic nitrogens is 1. The number of nitrogens with zero attached hydrogens (tertiary/aromatic N) is 1. The fourth-order valence-corrected chi connectivity index (χ4v) is 4.66. The molecule has 0 spiro atoms. The van der Waals surface area contributed by atoms with E-state index in [1.807, 2.05) is 66.7 Å². The van der Waals surface area contributed by atoms with Crippen molar-refractivity contribution in [1.82, 2.24) is 15.8 Å². The van der Waals surface area contributed by atoms with E-state index in [0.29, 0.717) is 37.8 Å². The Bertz CT molecular complexity index is 1500. The number of rotatable bonds is 12. The van der Waals surface area contributed by atoms with Gasteiger partial charge < -0.3 is 15.4 Å². The van der Waals surface area contributed by atoms with Crippen LogP contribution in [0.3, 0.4) is 0 Å². The van der Waals surface area contributed by atoms with Crippen molar-refractivity contribution in [2.45, 2.75) is 51.0 Å². The highest BCUT2D eigenvalue weighted by Crippen LogP contribution is 2.26. The summed E-state index contributed by atoms with van der Waals surface area (Å²) in [5.41, 5.74) is 3.87. The lowest BCUT2D eigenvalue weighted by Gasteiger charge is -2.20. The molecule has 4 rings (SSSR count). The van der Waals surface area contributed by atoms with Crippen LogP contribution in [0.5, 0.6) is 5.75 Å². The summed E-state index contributed by atoms with van der Waals surface area (Å²) in [6.07, 6.45) is 4.22. The number of pyridine rings is 1. The van der Waals surface area contributed by atoms with Crippen LogP contribution in [-0.2, 0) is 14.4 Å². The molecule has 0 radical (unpaired) electrons. The number of hydrogen-bond acceptors (Lipinski definition) is 6. The molecule has 1 aromatic heterocycles. The summed E-state index contributed by atoms with van der Waals surface area (Å²) in [4.78, 5) is 42.1. The number of hydroxylamine groups is 1. The molecule has 0 aliphatic carbocycles. The Morgan fingerprint density at radius 1 is 0.900 bits per heavy atom. The van der Waals surface area contributed by atoms with Gasteiger partial charge in [0.2, 0.25) is 11.8 Å². The van der Waals surface area contributed by atoms with E-state index in [0.717, 1.165) is 33.0 Å². The molecule has 40 heavy (non-hydrogen) atoms. The van der Waals surface area contributed by atoms with Gasteiger partial charge in [-0.2, -0.15) is 0 Å². The molecule has 0 saturated heterocycles. The van der Waals surface area contributed by atoms with E-state index < -0.39 is 17.9 Å². The molecule has 9 heteroatoms. The third-order valence-electron chi connectivity index (χ3n) is 7.01. The topological polar surface area (TPSA) is 130 Å². The Balaban J connectivity index is 1.26. The Labute approximate surface area is 232 Å². The van der Waals surface area contributed by atoms with E-state index in [-0.39, 0.29) is 11.8 Å². The molecule has 4 aromatic rings. The minimum Gasteiger partial charge on any atom is -0.497 e. The van der Waals surface area contributed by atoms with Gasteiger partial charge in [-0.3, -0.25) is 24.6 Å². The van der Waals surface area contributed by atoms with Gasteiger partial charge in [0, 0.05) is 18.0 Å². The fraction of sp³-hybridized carbons (Fsp3) is 0.290. The second kappa shape index (κ2) is 13.5. The van der Waals surface area contributed by atoms with E-state index >= 15 is 0 Å². The average molecular weight is 543 g/mol. The average Bonchev–Trinajstić information content (AvgIpc) is 2.99. The van der Waals surface area contributed by atoms with Crippen molar-refractivity contribution in [1.29, 1.82) is 0 Å². The van der Waals surface area contributed by atoms with Crippen molar-refractivity contribution in [2.24, 2.45) is 0 Å². The van der Waals surface area contributed by atoms with Gasteiger partial charge in [-0.05, 0) is 60.4 Å². The van der Waals surface area contributed by atoms with Crippen LogP contribution in [0.25, 0.3) is 21.7 Å². The van der Waals surface area contributed by atoms with Crippen molar-refractivity contribution in [3.05, 3.63) is 78.5 Å². The highest BCUT2D eigenvalue weighted by molar-refractivity contribution is 6.00. The number of carbonyl (C=O) groups is 3. The normalized spacial score (nSPS) is 12.5. The van der Waals surface area contributed by atoms with E-state index in [4.69, 9.17) is 4.74 Å². The number of anilines is 1. The molecule has 0 bridgehead atoms. The predicted molar refractivity (Wildman–Crippen MR) is 154 cm³/mol. The number of unbranched alkanes of at least 4 members (excludes halogenated alkanes) is 2. The lowest BCUT2D eigenvalue weighted by molar-refractivity contribution is -0.135. The van der Waals surface area contributed by atoms with E-state index in [1.54, 1.807) is 25.7 Å². The molecule has 2 atom stereocenters. The molecule has 4 N–H and O–H groups in total. The van der Waals surface area contributed by atoms with Crippen molar-refractivity contribution < 1.29 is 24.3 Å². The number of benzene rings is 3. The van der Waals surface area contributed by atoms with Crippen LogP contribution in [0.1, 0.15) is 50.5 Å². The van der Waals surface area contributed by atoms with Gasteiger partial charge >= 0.3 is 0 Å². The summed E-state index contributed by atoms with van der Waals surface area (Å²) in [5, 5.41) is 17.8. The van der Waals surface area contributed by atoms with Crippen LogP contribution < -0.4 is 20.9 Å². The fourth-order valence-electron chi connectivity index (χ4n) is 4.66. The molecule has 3 amide bonds. The summed E-state index contributed by atoms with van der Waals surface area (Å²) in [7, 11) is 1.61. The number of amides is 3. The highest BCUT2D eigenvalue weighted by Gasteiger charge is 2.24. The second-order valence-electron chi connectivity index (χ2n) is 9.76. The van der Waals surface area contributed by atoms with Crippen LogP contribution in [0.4, 0.5) is 5.69 Å². The maximum Gasteiger partial charge on any atom is 0.265 e. The molecule has 0 saturated carbocycles. The molecule has 0 unspecified atom stereocenters. The van der Waals surface area contributed by atoms with Crippen LogP contribution in [-0.4, -0.2) is 41.1 Å². The minimum atomic E-state index is -0.889. The number of nitrogens with one attached hydrogen (secondary N) is 3. The largest absolute Gasteiger partial charge is 0.497 e. The first-order valence-electron chi connectivity index (χ1n) is 13.3. The number of ether oxygens (including phenoxy) is 1. The van der Waals surface area contributed by atoms with Gasteiger partial charge in [0.25, 0.3) is 5.91 Å². The zero-order valence-corrected chi connectivity index (χ0v) is 22.6. The molecule has 208 valence electrons. The summed E-state index contributed by atoms with van der Waals surface area (Å²) in [6.45, 7) is 1.78. The summed E-state index contributed by atoms with van der Waals surface area (Å²) >= 11 is 0. The lowest BCUT2D eigenvalue weighted by Crippen LogP contribution is -2.47. The summed E-state index contributed by atoms with van der Waals surface area (Å²) in [5.74, 6) is -0.852. The third-order valence-corrected chi connectivity index (χ3v) is 7.01. The highest BCUT2D eigenvalue weighted by atomic mass is 16.5. The summed E-state index contributed by atoms with van der Waals surface area (Å²) in [6, 6.07) is 20.0. The van der Waals surface area contributed by atoms with Gasteiger partial charge in [-0.15, -0.1) is 0 Å². The Morgan fingerprint density at radius 3 is 2.48 bits per heavy atom. The number of carbonyl (C=O) groups excluding carboxylic acids is 3. The van der Waals surface area contributed by atoms with Gasteiger partial charge in [-0.25, -0.2) is 5.48 Å². The minimum absolute atomic E-state index is 0.112. The molecular weight excluding hydrogens is 508 g/mol. The number of para-hydroxylation sites is 1. The second-order valence-corrected chi connectivity index (χ2v) is 9.76. The van der Waals surface area contributed by atoms with Crippen LogP contribution >= 0.6 is 0 Å². The van der Waals surface area contributed by atoms with Gasteiger partial charge in [-0.1, -0.05) is 55.3 Å². The van der Waals surface area contributed by atoms with Gasteiger partial charge in [0.1, 0.15) is 11.8 Å². The van der Waals surface area contributed by atoms with Crippen LogP contribution in [0, 0.1) is 0 Å². The number of fused-ring (bicyclic) bond motifs is 2. The lowest BCUT2D eigenvalue weighted by atomic mass is 9.96. The first-order chi connectivity index (χ1) is 19.4.